The van der Waals surface area contributed by atoms with Gasteiger partial charge in [0, 0.05) is 22.0 Å². The monoisotopic (exact) mass is 426 g/mol. The van der Waals surface area contributed by atoms with Gasteiger partial charge in [-0.25, -0.2) is 0 Å². The van der Waals surface area contributed by atoms with Crippen LogP contribution < -0.4 is 5.32 Å². The maximum Gasteiger partial charge on any atom is 0.245 e. The van der Waals surface area contributed by atoms with Crippen LogP contribution in [0.4, 0.5) is 0 Å². The fourth-order valence-corrected chi connectivity index (χ4v) is 4.75. The molecule has 1 N–H and O–H groups in total. The van der Waals surface area contributed by atoms with E-state index in [1.165, 1.54) is 0 Å². The highest BCUT2D eigenvalue weighted by atomic mass is 79.9. The van der Waals surface area contributed by atoms with Gasteiger partial charge in [0.05, 0.1) is 6.04 Å². The number of carbonyl (C=O) groups is 2. The zero-order valence-corrected chi connectivity index (χ0v) is 16.8. The fourth-order valence-electron chi connectivity index (χ4n) is 3.96. The number of carbonyl (C=O) groups excluding carboxylic acids is 2. The van der Waals surface area contributed by atoms with Crippen LogP contribution in [-0.2, 0) is 9.59 Å². The minimum atomic E-state index is -0.497. The Hall–Kier alpha value is -1.07. The van der Waals surface area contributed by atoms with Crippen LogP contribution in [0.3, 0.4) is 0 Å². The number of amides is 2. The average molecular weight is 428 g/mol. The van der Waals surface area contributed by atoms with Crippen molar-refractivity contribution in [2.24, 2.45) is 5.92 Å². The summed E-state index contributed by atoms with van der Waals surface area (Å²) in [6.45, 7) is 2.49. The van der Waals surface area contributed by atoms with E-state index in [0.29, 0.717) is 11.6 Å². The summed E-state index contributed by atoms with van der Waals surface area (Å²) in [4.78, 5) is 27.1. The number of nitrogens with zero attached hydrogens (tertiary/aromatic N) is 1. The highest BCUT2D eigenvalue weighted by molar-refractivity contribution is 9.10. The number of rotatable bonds is 4. The number of likely N-dealkylation sites (tertiary alicyclic amines) is 1. The Morgan fingerprint density at radius 3 is 2.64 bits per heavy atom. The third-order valence-corrected chi connectivity index (χ3v) is 6.13. The fraction of sp³-hybridized carbons (Fsp3) is 0.579. The normalized spacial score (nSPS) is 22.2. The molecule has 1 aromatic carbocycles. The lowest BCUT2D eigenvalue weighted by molar-refractivity contribution is -0.137. The van der Waals surface area contributed by atoms with Crippen LogP contribution in [0.2, 0.25) is 5.02 Å². The Labute approximate surface area is 162 Å². The Bertz CT molecular complexity index is 661. The first-order valence-corrected chi connectivity index (χ1v) is 10.2. The molecule has 0 aromatic heterocycles. The van der Waals surface area contributed by atoms with Gasteiger partial charge in [0.15, 0.2) is 0 Å². The molecule has 4 nitrogen and oxygen atoms in total. The molecular weight excluding hydrogens is 404 g/mol. The SMILES string of the molecule is CC(NC(=O)C1CCCC1)C(=O)N1CCCC1c1ccc(Br)cc1Cl. The summed E-state index contributed by atoms with van der Waals surface area (Å²) in [6, 6.07) is 5.28. The van der Waals surface area contributed by atoms with E-state index in [1.54, 1.807) is 6.92 Å². The first kappa shape index (κ1) is 18.7. The summed E-state index contributed by atoms with van der Waals surface area (Å²) in [5, 5.41) is 3.59. The highest BCUT2D eigenvalue weighted by Crippen LogP contribution is 2.37. The summed E-state index contributed by atoms with van der Waals surface area (Å²) < 4.78 is 0.925. The van der Waals surface area contributed by atoms with E-state index < -0.39 is 6.04 Å². The molecule has 1 saturated carbocycles. The van der Waals surface area contributed by atoms with Gasteiger partial charge in [-0.15, -0.1) is 0 Å². The molecule has 2 unspecified atom stereocenters. The van der Waals surface area contributed by atoms with Crippen molar-refractivity contribution in [3.05, 3.63) is 33.3 Å². The second-order valence-electron chi connectivity index (χ2n) is 7.07. The van der Waals surface area contributed by atoms with Crippen molar-refractivity contribution in [3.63, 3.8) is 0 Å². The van der Waals surface area contributed by atoms with Crippen LogP contribution in [0.15, 0.2) is 22.7 Å². The molecule has 2 fully saturated rings. The van der Waals surface area contributed by atoms with E-state index >= 15 is 0 Å². The van der Waals surface area contributed by atoms with Crippen LogP contribution in [0.25, 0.3) is 0 Å². The molecule has 1 aromatic rings. The van der Waals surface area contributed by atoms with Gasteiger partial charge in [0.1, 0.15) is 6.04 Å². The maximum atomic E-state index is 12.9. The summed E-state index contributed by atoms with van der Waals surface area (Å²) in [6.07, 6.45) is 5.94. The Morgan fingerprint density at radius 1 is 1.24 bits per heavy atom. The molecule has 1 aliphatic heterocycles. The molecule has 6 heteroatoms. The van der Waals surface area contributed by atoms with Crippen LogP contribution in [-0.4, -0.2) is 29.3 Å². The molecule has 1 heterocycles. The quantitative estimate of drug-likeness (QED) is 0.771. The van der Waals surface area contributed by atoms with Gasteiger partial charge < -0.3 is 10.2 Å². The lowest BCUT2D eigenvalue weighted by atomic mass is 10.0. The zero-order valence-electron chi connectivity index (χ0n) is 14.4. The molecule has 1 saturated heterocycles. The first-order chi connectivity index (χ1) is 12.0. The molecular formula is C19H24BrClN2O2. The van der Waals surface area contributed by atoms with Crippen molar-refractivity contribution in [1.82, 2.24) is 10.2 Å². The largest absolute Gasteiger partial charge is 0.344 e. The van der Waals surface area contributed by atoms with Gasteiger partial charge in [-0.1, -0.05) is 46.4 Å². The zero-order chi connectivity index (χ0) is 18.0. The Morgan fingerprint density at radius 2 is 1.96 bits per heavy atom. The van der Waals surface area contributed by atoms with Crippen molar-refractivity contribution >= 4 is 39.3 Å². The maximum absolute atomic E-state index is 12.9. The minimum Gasteiger partial charge on any atom is -0.344 e. The van der Waals surface area contributed by atoms with E-state index in [4.69, 9.17) is 11.6 Å². The summed E-state index contributed by atoms with van der Waals surface area (Å²) >= 11 is 9.81. The van der Waals surface area contributed by atoms with Crippen molar-refractivity contribution < 1.29 is 9.59 Å². The van der Waals surface area contributed by atoms with Gasteiger partial charge in [0.25, 0.3) is 0 Å². The second kappa shape index (κ2) is 8.09. The number of nitrogens with one attached hydrogen (secondary N) is 1. The molecule has 0 bridgehead atoms. The number of hydrogen-bond donors (Lipinski definition) is 1. The summed E-state index contributed by atoms with van der Waals surface area (Å²) in [7, 11) is 0. The van der Waals surface area contributed by atoms with Crippen molar-refractivity contribution in [3.8, 4) is 0 Å². The summed E-state index contributed by atoms with van der Waals surface area (Å²) in [5.41, 5.74) is 0.977. The molecule has 2 atom stereocenters. The predicted molar refractivity (Wildman–Crippen MR) is 102 cm³/mol. The molecule has 1 aliphatic carbocycles. The van der Waals surface area contributed by atoms with E-state index in [-0.39, 0.29) is 23.8 Å². The third-order valence-electron chi connectivity index (χ3n) is 5.31. The topological polar surface area (TPSA) is 49.4 Å². The van der Waals surface area contributed by atoms with Gasteiger partial charge in [-0.3, -0.25) is 9.59 Å². The van der Waals surface area contributed by atoms with Crippen LogP contribution in [0.5, 0.6) is 0 Å². The average Bonchev–Trinajstić information content (AvgIpc) is 3.25. The first-order valence-electron chi connectivity index (χ1n) is 9.03. The Kier molecular flexibility index (Phi) is 6.05. The van der Waals surface area contributed by atoms with E-state index in [1.807, 2.05) is 23.1 Å². The van der Waals surface area contributed by atoms with E-state index in [2.05, 4.69) is 21.2 Å². The van der Waals surface area contributed by atoms with E-state index in [9.17, 15) is 9.59 Å². The minimum absolute atomic E-state index is 0.0149. The van der Waals surface area contributed by atoms with Gasteiger partial charge in [-0.05, 0) is 50.3 Å². The lowest BCUT2D eigenvalue weighted by Gasteiger charge is -2.29. The second-order valence-corrected chi connectivity index (χ2v) is 8.39. The molecule has 2 aliphatic rings. The lowest BCUT2D eigenvalue weighted by Crippen LogP contribution is -2.48. The molecule has 0 spiro atoms. The molecule has 136 valence electrons. The van der Waals surface area contributed by atoms with Crippen molar-refractivity contribution in [2.75, 3.05) is 6.54 Å². The van der Waals surface area contributed by atoms with Gasteiger partial charge >= 0.3 is 0 Å². The molecule has 2 amide bonds. The Balaban J connectivity index is 1.68. The van der Waals surface area contributed by atoms with Crippen LogP contribution in [0, 0.1) is 5.92 Å². The smallest absolute Gasteiger partial charge is 0.245 e. The summed E-state index contributed by atoms with van der Waals surface area (Å²) in [5.74, 6) is 0.0779. The van der Waals surface area contributed by atoms with Crippen LogP contribution in [0.1, 0.15) is 57.1 Å². The number of hydrogen-bond acceptors (Lipinski definition) is 2. The molecule has 25 heavy (non-hydrogen) atoms. The third kappa shape index (κ3) is 4.20. The molecule has 0 radical (unpaired) electrons. The predicted octanol–water partition coefficient (Wildman–Crippen LogP) is 4.46. The number of halogens is 2. The van der Waals surface area contributed by atoms with Gasteiger partial charge in [0.2, 0.25) is 11.8 Å². The van der Waals surface area contributed by atoms with Crippen molar-refractivity contribution in [2.45, 2.75) is 57.5 Å². The standard InChI is InChI=1S/C19H24BrClN2O2/c1-12(22-18(24)13-5-2-3-6-13)19(25)23-10-4-7-17(23)15-9-8-14(20)11-16(15)21/h8-9,11-13,17H,2-7,10H2,1H3,(H,22,24). The highest BCUT2D eigenvalue weighted by Gasteiger charge is 2.34. The van der Waals surface area contributed by atoms with Crippen LogP contribution >= 0.6 is 27.5 Å². The number of benzene rings is 1. The van der Waals surface area contributed by atoms with E-state index in [0.717, 1.165) is 48.6 Å². The van der Waals surface area contributed by atoms with Gasteiger partial charge in [-0.2, -0.15) is 0 Å². The van der Waals surface area contributed by atoms with Crippen molar-refractivity contribution in [1.29, 1.82) is 0 Å². The molecule has 3 rings (SSSR count).